The van der Waals surface area contributed by atoms with Crippen molar-refractivity contribution >= 4 is 27.5 Å². The highest BCUT2D eigenvalue weighted by Gasteiger charge is 2.14. The molecule has 0 bridgehead atoms. The van der Waals surface area contributed by atoms with E-state index < -0.39 is 6.10 Å². The molecule has 0 spiro atoms. The number of benzene rings is 1. The summed E-state index contributed by atoms with van der Waals surface area (Å²) in [5.41, 5.74) is 5.70. The third-order valence-electron chi connectivity index (χ3n) is 1.86. The molecule has 0 aliphatic heterocycles. The average molecular weight is 281 g/mol. The number of nitrogens with two attached hydrogens (primary N) is 1. The number of phenolic OH excluding ortho intramolecular Hbond substituents is 1. The summed E-state index contributed by atoms with van der Waals surface area (Å²) in [5, 5.41) is 19.7. The molecule has 1 aromatic rings. The highest BCUT2D eigenvalue weighted by atomic mass is 79.9. The Morgan fingerprint density at radius 2 is 2.14 bits per heavy atom. The van der Waals surface area contributed by atoms with Gasteiger partial charge in [0.25, 0.3) is 0 Å². The number of phenols is 1. The second-order valence-corrected chi connectivity index (χ2v) is 4.21. The maximum Gasteiger partial charge on any atom is 0.135 e. The molecular weight excluding hydrogens is 269 g/mol. The second-order valence-electron chi connectivity index (χ2n) is 2.92. The molecule has 3 nitrogen and oxygen atoms in total. The second kappa shape index (κ2) is 4.98. The first-order valence-electron chi connectivity index (χ1n) is 4.12. The number of aliphatic hydroxyl groups excluding tert-OH is 1. The number of halogens is 2. The molecule has 4 N–H and O–H groups in total. The zero-order valence-electron chi connectivity index (χ0n) is 7.37. The molecule has 0 aromatic heterocycles. The van der Waals surface area contributed by atoms with Crippen molar-refractivity contribution in [1.82, 2.24) is 0 Å². The van der Waals surface area contributed by atoms with E-state index in [2.05, 4.69) is 15.9 Å². The van der Waals surface area contributed by atoms with Crippen molar-refractivity contribution in [2.75, 3.05) is 6.54 Å². The van der Waals surface area contributed by atoms with E-state index in [1.54, 1.807) is 6.07 Å². The van der Waals surface area contributed by atoms with Crippen molar-refractivity contribution in [2.24, 2.45) is 5.73 Å². The number of hydrogen-bond acceptors (Lipinski definition) is 3. The molecule has 0 radical (unpaired) electrons. The lowest BCUT2D eigenvalue weighted by molar-refractivity contribution is 0.166. The molecule has 0 aliphatic carbocycles. The summed E-state index contributed by atoms with van der Waals surface area (Å²) in [6, 6.07) is 3.09. The first-order chi connectivity index (χ1) is 6.56. The summed E-state index contributed by atoms with van der Waals surface area (Å²) < 4.78 is 0.469. The van der Waals surface area contributed by atoms with Gasteiger partial charge in [0.05, 0.1) is 10.6 Å². The number of rotatable bonds is 3. The predicted octanol–water partition coefficient (Wildman–Crippen LogP) is 2.19. The van der Waals surface area contributed by atoms with Crippen LogP contribution in [0.15, 0.2) is 16.6 Å². The summed E-state index contributed by atoms with van der Waals surface area (Å²) in [6.45, 7) is 0.352. The fourth-order valence-corrected chi connectivity index (χ4v) is 1.99. The van der Waals surface area contributed by atoms with E-state index in [4.69, 9.17) is 17.3 Å². The third kappa shape index (κ3) is 2.60. The zero-order chi connectivity index (χ0) is 10.7. The van der Waals surface area contributed by atoms with Crippen LogP contribution in [-0.2, 0) is 0 Å². The Morgan fingerprint density at radius 1 is 1.50 bits per heavy atom. The minimum absolute atomic E-state index is 0.00958. The van der Waals surface area contributed by atoms with Crippen LogP contribution < -0.4 is 5.73 Å². The molecule has 5 heteroatoms. The molecule has 0 amide bonds. The van der Waals surface area contributed by atoms with E-state index in [1.807, 2.05) is 0 Å². The first kappa shape index (κ1) is 11.8. The largest absolute Gasteiger partial charge is 0.506 e. The van der Waals surface area contributed by atoms with Crippen LogP contribution in [-0.4, -0.2) is 16.8 Å². The molecule has 78 valence electrons. The molecule has 0 fully saturated rings. The minimum atomic E-state index is -0.782. The van der Waals surface area contributed by atoms with E-state index in [1.165, 1.54) is 6.07 Å². The Kier molecular flexibility index (Phi) is 4.19. The smallest absolute Gasteiger partial charge is 0.135 e. The number of hydrogen-bond donors (Lipinski definition) is 3. The van der Waals surface area contributed by atoms with Gasteiger partial charge in [-0.2, -0.15) is 0 Å². The maximum atomic E-state index is 9.63. The summed E-state index contributed by atoms with van der Waals surface area (Å²) in [7, 11) is 0. The normalized spacial score (nSPS) is 12.9. The maximum absolute atomic E-state index is 9.63. The van der Waals surface area contributed by atoms with Crippen LogP contribution >= 0.6 is 27.5 Å². The van der Waals surface area contributed by atoms with Crippen LogP contribution in [0.25, 0.3) is 0 Å². The lowest BCUT2D eigenvalue weighted by Crippen LogP contribution is -2.07. The SMILES string of the molecule is NCC[C@H](O)c1cc(Cl)cc(Br)c1O. The van der Waals surface area contributed by atoms with Crippen molar-refractivity contribution in [3.63, 3.8) is 0 Å². The van der Waals surface area contributed by atoms with Crippen LogP contribution in [0.2, 0.25) is 5.02 Å². The summed E-state index contributed by atoms with van der Waals surface area (Å²) in [5.74, 6) is 0.00958. The summed E-state index contributed by atoms with van der Waals surface area (Å²) >= 11 is 8.92. The van der Waals surface area contributed by atoms with E-state index >= 15 is 0 Å². The van der Waals surface area contributed by atoms with Crippen molar-refractivity contribution in [2.45, 2.75) is 12.5 Å². The predicted molar refractivity (Wildman–Crippen MR) is 59.4 cm³/mol. The van der Waals surface area contributed by atoms with Crippen LogP contribution in [0.4, 0.5) is 0 Å². The molecule has 14 heavy (non-hydrogen) atoms. The van der Waals surface area contributed by atoms with Gasteiger partial charge in [-0.1, -0.05) is 11.6 Å². The number of aromatic hydroxyl groups is 1. The fraction of sp³-hybridized carbons (Fsp3) is 0.333. The molecule has 0 saturated carbocycles. The van der Waals surface area contributed by atoms with Gasteiger partial charge in [0.1, 0.15) is 5.75 Å². The highest BCUT2D eigenvalue weighted by molar-refractivity contribution is 9.10. The van der Waals surface area contributed by atoms with Gasteiger partial charge in [0.15, 0.2) is 0 Å². The molecule has 0 aliphatic rings. The fourth-order valence-electron chi connectivity index (χ4n) is 1.15. The molecular formula is C9H11BrClNO2. The van der Waals surface area contributed by atoms with Gasteiger partial charge < -0.3 is 15.9 Å². The quantitative estimate of drug-likeness (QED) is 0.795. The van der Waals surface area contributed by atoms with Gasteiger partial charge in [-0.05, 0) is 41.0 Å². The van der Waals surface area contributed by atoms with Crippen LogP contribution in [0, 0.1) is 0 Å². The summed E-state index contributed by atoms with van der Waals surface area (Å²) in [4.78, 5) is 0. The van der Waals surface area contributed by atoms with Crippen molar-refractivity contribution in [3.05, 3.63) is 27.2 Å². The van der Waals surface area contributed by atoms with Crippen molar-refractivity contribution < 1.29 is 10.2 Å². The van der Waals surface area contributed by atoms with Gasteiger partial charge in [-0.25, -0.2) is 0 Å². The third-order valence-corrected chi connectivity index (χ3v) is 2.68. The average Bonchev–Trinajstić information content (AvgIpc) is 2.11. The van der Waals surface area contributed by atoms with E-state index in [0.29, 0.717) is 28.0 Å². The summed E-state index contributed by atoms with van der Waals surface area (Å²) in [6.07, 6.45) is -0.393. The number of aliphatic hydroxyl groups is 1. The topological polar surface area (TPSA) is 66.5 Å². The van der Waals surface area contributed by atoms with Crippen molar-refractivity contribution in [1.29, 1.82) is 0 Å². The van der Waals surface area contributed by atoms with Gasteiger partial charge in [0, 0.05) is 10.6 Å². The highest BCUT2D eigenvalue weighted by Crippen LogP contribution is 2.35. The Labute approximate surface area is 95.6 Å². The molecule has 1 aromatic carbocycles. The van der Waals surface area contributed by atoms with Crippen molar-refractivity contribution in [3.8, 4) is 5.75 Å². The van der Waals surface area contributed by atoms with Gasteiger partial charge >= 0.3 is 0 Å². The van der Waals surface area contributed by atoms with Gasteiger partial charge in [-0.15, -0.1) is 0 Å². The Bertz CT molecular complexity index is 333. The monoisotopic (exact) mass is 279 g/mol. The lowest BCUT2D eigenvalue weighted by Gasteiger charge is -2.12. The Morgan fingerprint density at radius 3 is 2.71 bits per heavy atom. The minimum Gasteiger partial charge on any atom is -0.506 e. The molecule has 0 unspecified atom stereocenters. The van der Waals surface area contributed by atoms with E-state index in [0.717, 1.165) is 0 Å². The van der Waals surface area contributed by atoms with Crippen LogP contribution in [0.1, 0.15) is 18.1 Å². The first-order valence-corrected chi connectivity index (χ1v) is 5.29. The van der Waals surface area contributed by atoms with Crippen LogP contribution in [0.3, 0.4) is 0 Å². The standard InChI is InChI=1S/C9H11BrClNO2/c10-7-4-5(11)3-6(9(7)14)8(13)1-2-12/h3-4,8,13-14H,1-2,12H2/t8-/m0/s1. The van der Waals surface area contributed by atoms with E-state index in [9.17, 15) is 10.2 Å². The van der Waals surface area contributed by atoms with Crippen LogP contribution in [0.5, 0.6) is 5.75 Å². The lowest BCUT2D eigenvalue weighted by atomic mass is 10.1. The Balaban J connectivity index is 3.07. The Hall–Kier alpha value is -0.290. The molecule has 1 rings (SSSR count). The van der Waals surface area contributed by atoms with Gasteiger partial charge in [-0.3, -0.25) is 0 Å². The van der Waals surface area contributed by atoms with E-state index in [-0.39, 0.29) is 5.75 Å². The molecule has 1 atom stereocenters. The molecule has 0 saturated heterocycles. The molecule has 0 heterocycles. The van der Waals surface area contributed by atoms with Gasteiger partial charge in [0.2, 0.25) is 0 Å². The zero-order valence-corrected chi connectivity index (χ0v) is 9.72.